The third-order valence-electron chi connectivity index (χ3n) is 2.51. The zero-order chi connectivity index (χ0) is 13.7. The van der Waals surface area contributed by atoms with E-state index in [0.29, 0.717) is 11.2 Å². The fourth-order valence-corrected chi connectivity index (χ4v) is 2.86. The number of methoxy groups -OCH3 is 1. The van der Waals surface area contributed by atoms with Gasteiger partial charge in [-0.25, -0.2) is 4.98 Å². The summed E-state index contributed by atoms with van der Waals surface area (Å²) in [6, 6.07) is 10.3. The second-order valence-corrected chi connectivity index (χ2v) is 5.70. The summed E-state index contributed by atoms with van der Waals surface area (Å²) in [5.41, 5.74) is 2.22. The van der Waals surface area contributed by atoms with E-state index in [-0.39, 0.29) is 0 Å². The van der Waals surface area contributed by atoms with Crippen molar-refractivity contribution in [3.8, 4) is 0 Å². The number of H-pyrrole nitrogens is 1. The first-order chi connectivity index (χ1) is 9.17. The molecule has 0 unspecified atom stereocenters. The molecular weight excluding hydrogens is 276 g/mol. The van der Waals surface area contributed by atoms with Gasteiger partial charge >= 0.3 is 0 Å². The quantitative estimate of drug-likeness (QED) is 0.670. The molecule has 3 nitrogen and oxygen atoms in total. The summed E-state index contributed by atoms with van der Waals surface area (Å²) in [6.07, 6.45) is 0. The van der Waals surface area contributed by atoms with E-state index in [4.69, 9.17) is 17.0 Å². The molecule has 0 fully saturated rings. The van der Waals surface area contributed by atoms with E-state index in [1.54, 1.807) is 18.9 Å². The van der Waals surface area contributed by atoms with Crippen LogP contribution in [-0.4, -0.2) is 17.1 Å². The van der Waals surface area contributed by atoms with Crippen LogP contribution in [0.3, 0.4) is 0 Å². The first-order valence-electron chi connectivity index (χ1n) is 5.95. The highest BCUT2D eigenvalue weighted by Gasteiger charge is 2.01. The van der Waals surface area contributed by atoms with Gasteiger partial charge in [-0.2, -0.15) is 0 Å². The molecule has 0 saturated heterocycles. The molecule has 1 aromatic heterocycles. The van der Waals surface area contributed by atoms with E-state index in [1.807, 2.05) is 6.07 Å². The minimum atomic E-state index is 0.522. The van der Waals surface area contributed by atoms with Crippen LogP contribution in [-0.2, 0) is 17.1 Å². The SMILES string of the molecule is COCc1cc(=S)nc(CSc2cccc(C)c2)[nH]1. The average Bonchev–Trinajstić information content (AvgIpc) is 2.36. The summed E-state index contributed by atoms with van der Waals surface area (Å²) >= 11 is 6.90. The summed E-state index contributed by atoms with van der Waals surface area (Å²) in [6.45, 7) is 2.61. The Kier molecular flexibility index (Phi) is 5.13. The van der Waals surface area contributed by atoms with Crippen LogP contribution in [0, 0.1) is 11.6 Å². The molecule has 0 saturated carbocycles. The van der Waals surface area contributed by atoms with Gasteiger partial charge in [-0.15, -0.1) is 11.8 Å². The van der Waals surface area contributed by atoms with E-state index < -0.39 is 0 Å². The first-order valence-corrected chi connectivity index (χ1v) is 7.34. The van der Waals surface area contributed by atoms with Gasteiger partial charge in [0.2, 0.25) is 0 Å². The minimum absolute atomic E-state index is 0.522. The Balaban J connectivity index is 2.09. The van der Waals surface area contributed by atoms with Gasteiger partial charge in [0, 0.05) is 17.7 Å². The zero-order valence-electron chi connectivity index (χ0n) is 11.0. The molecule has 100 valence electrons. The van der Waals surface area contributed by atoms with E-state index in [1.165, 1.54) is 10.5 Å². The number of aryl methyl sites for hydroxylation is 1. The highest BCUT2D eigenvalue weighted by atomic mass is 32.2. The maximum absolute atomic E-state index is 5.16. The Morgan fingerprint density at radius 2 is 2.21 bits per heavy atom. The fourth-order valence-electron chi connectivity index (χ4n) is 1.72. The van der Waals surface area contributed by atoms with Gasteiger partial charge in [-0.3, -0.25) is 0 Å². The van der Waals surface area contributed by atoms with Crippen molar-refractivity contribution in [1.29, 1.82) is 0 Å². The lowest BCUT2D eigenvalue weighted by Crippen LogP contribution is -1.99. The topological polar surface area (TPSA) is 37.9 Å². The number of hydrogen-bond donors (Lipinski definition) is 1. The summed E-state index contributed by atoms with van der Waals surface area (Å²) in [5.74, 6) is 1.65. The van der Waals surface area contributed by atoms with Crippen LogP contribution >= 0.6 is 24.0 Å². The van der Waals surface area contributed by atoms with Crippen LogP contribution in [0.25, 0.3) is 0 Å². The van der Waals surface area contributed by atoms with Crippen molar-refractivity contribution in [2.75, 3.05) is 7.11 Å². The maximum atomic E-state index is 5.16. The molecule has 2 rings (SSSR count). The number of benzene rings is 1. The van der Waals surface area contributed by atoms with Gasteiger partial charge in [-0.05, 0) is 25.1 Å². The van der Waals surface area contributed by atoms with Crippen LogP contribution < -0.4 is 0 Å². The zero-order valence-corrected chi connectivity index (χ0v) is 12.6. The van der Waals surface area contributed by atoms with Crippen LogP contribution in [0.15, 0.2) is 35.2 Å². The van der Waals surface area contributed by atoms with E-state index in [9.17, 15) is 0 Å². The van der Waals surface area contributed by atoms with Crippen molar-refractivity contribution in [1.82, 2.24) is 9.97 Å². The average molecular weight is 292 g/mol. The molecule has 19 heavy (non-hydrogen) atoms. The summed E-state index contributed by atoms with van der Waals surface area (Å²) in [4.78, 5) is 8.82. The molecule has 0 spiro atoms. The molecule has 0 amide bonds. The molecule has 5 heteroatoms. The number of nitrogens with one attached hydrogen (secondary N) is 1. The Hall–Kier alpha value is -1.17. The predicted octanol–water partition coefficient (Wildman–Crippen LogP) is 3.89. The molecule has 2 aromatic rings. The largest absolute Gasteiger partial charge is 0.378 e. The van der Waals surface area contributed by atoms with Crippen molar-refractivity contribution >= 4 is 24.0 Å². The number of aromatic nitrogens is 2. The van der Waals surface area contributed by atoms with Gasteiger partial charge in [0.15, 0.2) is 0 Å². The Morgan fingerprint density at radius 3 is 2.95 bits per heavy atom. The molecule has 0 bridgehead atoms. The van der Waals surface area contributed by atoms with Crippen molar-refractivity contribution in [3.05, 3.63) is 52.1 Å². The molecular formula is C14H16N2OS2. The second kappa shape index (κ2) is 6.84. The second-order valence-electron chi connectivity index (χ2n) is 4.23. The van der Waals surface area contributed by atoms with Crippen molar-refractivity contribution in [2.24, 2.45) is 0 Å². The lowest BCUT2D eigenvalue weighted by Gasteiger charge is -2.06. The van der Waals surface area contributed by atoms with Gasteiger partial charge in [-0.1, -0.05) is 29.9 Å². The third kappa shape index (κ3) is 4.45. The maximum Gasteiger partial charge on any atom is 0.130 e. The standard InChI is InChI=1S/C14H16N2OS2/c1-10-4-3-5-12(6-10)19-9-13-15-11(8-17-2)7-14(18)16-13/h3-7H,8-9H2,1-2H3,(H,15,16,18). The van der Waals surface area contributed by atoms with Crippen LogP contribution in [0.2, 0.25) is 0 Å². The van der Waals surface area contributed by atoms with Gasteiger partial charge in [0.25, 0.3) is 0 Å². The summed E-state index contributed by atoms with van der Waals surface area (Å²) in [5, 5.41) is 0. The predicted molar refractivity (Wildman–Crippen MR) is 80.9 cm³/mol. The van der Waals surface area contributed by atoms with Gasteiger partial charge in [0.05, 0.1) is 12.4 Å². The molecule has 0 aliphatic rings. The van der Waals surface area contributed by atoms with Crippen molar-refractivity contribution in [3.63, 3.8) is 0 Å². The monoisotopic (exact) mass is 292 g/mol. The molecule has 0 aliphatic heterocycles. The van der Waals surface area contributed by atoms with E-state index in [0.717, 1.165) is 17.3 Å². The van der Waals surface area contributed by atoms with E-state index in [2.05, 4.69) is 41.2 Å². The van der Waals surface area contributed by atoms with Crippen molar-refractivity contribution < 1.29 is 4.74 Å². The summed E-state index contributed by atoms with van der Waals surface area (Å²) < 4.78 is 5.71. The number of ether oxygens (including phenoxy) is 1. The van der Waals surface area contributed by atoms with Crippen molar-refractivity contribution in [2.45, 2.75) is 24.2 Å². The Labute approximate surface area is 122 Å². The molecule has 0 aliphatic carbocycles. The smallest absolute Gasteiger partial charge is 0.130 e. The third-order valence-corrected chi connectivity index (χ3v) is 3.73. The number of hydrogen-bond acceptors (Lipinski definition) is 4. The van der Waals surface area contributed by atoms with Crippen LogP contribution in [0.1, 0.15) is 17.1 Å². The lowest BCUT2D eigenvalue weighted by atomic mass is 10.2. The first kappa shape index (κ1) is 14.2. The Bertz CT molecular complexity index is 610. The number of thioether (sulfide) groups is 1. The normalized spacial score (nSPS) is 10.6. The number of rotatable bonds is 5. The highest BCUT2D eigenvalue weighted by molar-refractivity contribution is 7.98. The van der Waals surface area contributed by atoms with Crippen LogP contribution in [0.5, 0.6) is 0 Å². The van der Waals surface area contributed by atoms with Gasteiger partial charge in [0.1, 0.15) is 10.5 Å². The molecule has 1 N–H and O–H groups in total. The Morgan fingerprint density at radius 1 is 1.37 bits per heavy atom. The van der Waals surface area contributed by atoms with Gasteiger partial charge < -0.3 is 9.72 Å². The highest BCUT2D eigenvalue weighted by Crippen LogP contribution is 2.22. The molecule has 0 radical (unpaired) electrons. The number of nitrogens with zero attached hydrogens (tertiary/aromatic N) is 1. The fraction of sp³-hybridized carbons (Fsp3) is 0.286. The molecule has 1 aromatic carbocycles. The van der Waals surface area contributed by atoms with E-state index >= 15 is 0 Å². The summed E-state index contributed by atoms with van der Waals surface area (Å²) in [7, 11) is 1.67. The minimum Gasteiger partial charge on any atom is -0.378 e. The molecule has 0 atom stereocenters. The number of aromatic amines is 1. The molecule has 1 heterocycles. The lowest BCUT2D eigenvalue weighted by molar-refractivity contribution is 0.181. The van der Waals surface area contributed by atoms with Crippen LogP contribution in [0.4, 0.5) is 0 Å².